The van der Waals surface area contributed by atoms with Crippen LogP contribution in [0.4, 0.5) is 0 Å². The third-order valence-electron chi connectivity index (χ3n) is 6.50. The Morgan fingerprint density at radius 2 is 1.90 bits per heavy atom. The van der Waals surface area contributed by atoms with E-state index in [1.54, 1.807) is 0 Å². The monoisotopic (exact) mass is 294 g/mol. The van der Waals surface area contributed by atoms with Gasteiger partial charge in [-0.2, -0.15) is 0 Å². The maximum Gasteiger partial charge on any atom is 0.0702 e. The van der Waals surface area contributed by atoms with E-state index in [4.69, 9.17) is 4.74 Å². The molecule has 1 saturated carbocycles. The van der Waals surface area contributed by atoms with Crippen LogP contribution < -0.4 is 5.32 Å². The highest BCUT2D eigenvalue weighted by molar-refractivity contribution is 5.08. The molecule has 3 aliphatic rings. The summed E-state index contributed by atoms with van der Waals surface area (Å²) in [4.78, 5) is 2.80. The van der Waals surface area contributed by atoms with Crippen molar-refractivity contribution in [1.82, 2.24) is 10.2 Å². The molecule has 3 heteroatoms. The Morgan fingerprint density at radius 1 is 1.14 bits per heavy atom. The predicted octanol–water partition coefficient (Wildman–Crippen LogP) is 3.19. The van der Waals surface area contributed by atoms with Crippen LogP contribution in [0.15, 0.2) is 0 Å². The lowest BCUT2D eigenvalue weighted by atomic mass is 9.81. The molecular formula is C18H34N2O. The van der Waals surface area contributed by atoms with Crippen LogP contribution in [0.5, 0.6) is 0 Å². The number of hydrogen-bond acceptors (Lipinski definition) is 3. The molecule has 3 nitrogen and oxygen atoms in total. The first-order chi connectivity index (χ1) is 10.1. The van der Waals surface area contributed by atoms with Crippen LogP contribution in [0, 0.1) is 5.92 Å². The van der Waals surface area contributed by atoms with Gasteiger partial charge in [0.05, 0.1) is 6.10 Å². The molecule has 21 heavy (non-hydrogen) atoms. The van der Waals surface area contributed by atoms with Gasteiger partial charge in [-0.25, -0.2) is 0 Å². The van der Waals surface area contributed by atoms with E-state index in [1.165, 1.54) is 51.5 Å². The highest BCUT2D eigenvalue weighted by Gasteiger charge is 2.50. The predicted molar refractivity (Wildman–Crippen MR) is 87.6 cm³/mol. The van der Waals surface area contributed by atoms with Crippen LogP contribution in [0.3, 0.4) is 0 Å². The molecular weight excluding hydrogens is 260 g/mol. The smallest absolute Gasteiger partial charge is 0.0702 e. The lowest BCUT2D eigenvalue weighted by Gasteiger charge is -2.54. The SMILES string of the molecule is CCC1(CC)CNC(C)(C2CC2)CN1CC1CCCCO1. The highest BCUT2D eigenvalue weighted by atomic mass is 16.5. The molecule has 2 aliphatic heterocycles. The molecule has 3 rings (SSSR count). The van der Waals surface area contributed by atoms with Gasteiger partial charge in [0, 0.05) is 37.3 Å². The number of piperazine rings is 1. The van der Waals surface area contributed by atoms with E-state index >= 15 is 0 Å². The van der Waals surface area contributed by atoms with E-state index in [0.717, 1.165) is 25.6 Å². The third kappa shape index (κ3) is 3.16. The minimum absolute atomic E-state index is 0.336. The van der Waals surface area contributed by atoms with Gasteiger partial charge >= 0.3 is 0 Å². The van der Waals surface area contributed by atoms with E-state index < -0.39 is 0 Å². The lowest BCUT2D eigenvalue weighted by Crippen LogP contribution is -2.70. The molecule has 0 radical (unpaired) electrons. The Bertz CT molecular complexity index is 345. The van der Waals surface area contributed by atoms with Crippen molar-refractivity contribution in [2.45, 2.75) is 82.9 Å². The van der Waals surface area contributed by atoms with Crippen LogP contribution in [-0.2, 0) is 4.74 Å². The molecule has 0 spiro atoms. The zero-order chi connectivity index (χ0) is 14.9. The first-order valence-corrected chi connectivity index (χ1v) is 9.23. The van der Waals surface area contributed by atoms with Gasteiger partial charge in [-0.3, -0.25) is 4.90 Å². The zero-order valence-corrected chi connectivity index (χ0v) is 14.3. The summed E-state index contributed by atoms with van der Waals surface area (Å²) >= 11 is 0. The Labute approximate surface area is 130 Å². The van der Waals surface area contributed by atoms with Gasteiger partial charge in [-0.1, -0.05) is 13.8 Å². The van der Waals surface area contributed by atoms with Gasteiger partial charge in [-0.05, 0) is 57.8 Å². The van der Waals surface area contributed by atoms with Crippen molar-refractivity contribution in [1.29, 1.82) is 0 Å². The Hall–Kier alpha value is -0.120. The molecule has 3 fully saturated rings. The maximum absolute atomic E-state index is 6.05. The van der Waals surface area contributed by atoms with Gasteiger partial charge < -0.3 is 10.1 Å². The Balaban J connectivity index is 1.72. The molecule has 1 aliphatic carbocycles. The topological polar surface area (TPSA) is 24.5 Å². The molecule has 0 aromatic carbocycles. The molecule has 2 heterocycles. The number of nitrogens with zero attached hydrogens (tertiary/aromatic N) is 1. The molecule has 2 saturated heterocycles. The van der Waals surface area contributed by atoms with Crippen molar-refractivity contribution < 1.29 is 4.74 Å². The molecule has 0 bridgehead atoms. The van der Waals surface area contributed by atoms with Crippen LogP contribution in [0.2, 0.25) is 0 Å². The molecule has 1 N–H and O–H groups in total. The lowest BCUT2D eigenvalue weighted by molar-refractivity contribution is -0.0626. The molecule has 0 aromatic rings. The summed E-state index contributed by atoms with van der Waals surface area (Å²) in [6.07, 6.45) is 9.65. The summed E-state index contributed by atoms with van der Waals surface area (Å²) in [6.45, 7) is 11.7. The quantitative estimate of drug-likeness (QED) is 0.843. The van der Waals surface area contributed by atoms with Crippen molar-refractivity contribution in [3.63, 3.8) is 0 Å². The van der Waals surface area contributed by atoms with Crippen molar-refractivity contribution in [2.24, 2.45) is 5.92 Å². The number of ether oxygens (including phenoxy) is 1. The summed E-state index contributed by atoms with van der Waals surface area (Å²) in [5.74, 6) is 0.902. The summed E-state index contributed by atoms with van der Waals surface area (Å²) in [7, 11) is 0. The van der Waals surface area contributed by atoms with E-state index in [0.29, 0.717) is 17.2 Å². The van der Waals surface area contributed by atoms with Crippen molar-refractivity contribution in [3.05, 3.63) is 0 Å². The van der Waals surface area contributed by atoms with Crippen molar-refractivity contribution in [3.8, 4) is 0 Å². The first-order valence-electron chi connectivity index (χ1n) is 9.23. The van der Waals surface area contributed by atoms with Gasteiger partial charge in [0.25, 0.3) is 0 Å². The molecule has 0 aromatic heterocycles. The van der Waals surface area contributed by atoms with Gasteiger partial charge in [0.15, 0.2) is 0 Å². The second kappa shape index (κ2) is 6.17. The van der Waals surface area contributed by atoms with Crippen molar-refractivity contribution >= 4 is 0 Å². The van der Waals surface area contributed by atoms with Crippen LogP contribution >= 0.6 is 0 Å². The van der Waals surface area contributed by atoms with Crippen LogP contribution in [-0.4, -0.2) is 48.3 Å². The maximum atomic E-state index is 6.05. The van der Waals surface area contributed by atoms with Crippen LogP contribution in [0.1, 0.15) is 65.7 Å². The second-order valence-electron chi connectivity index (χ2n) is 7.85. The number of nitrogens with one attached hydrogen (secondary N) is 1. The minimum Gasteiger partial charge on any atom is -0.377 e. The van der Waals surface area contributed by atoms with Gasteiger partial charge in [0.1, 0.15) is 0 Å². The van der Waals surface area contributed by atoms with Crippen LogP contribution in [0.25, 0.3) is 0 Å². The van der Waals surface area contributed by atoms with E-state index in [9.17, 15) is 0 Å². The Morgan fingerprint density at radius 3 is 2.48 bits per heavy atom. The first kappa shape index (κ1) is 15.8. The number of hydrogen-bond donors (Lipinski definition) is 1. The molecule has 2 unspecified atom stereocenters. The Kier molecular flexibility index (Phi) is 4.63. The highest BCUT2D eigenvalue weighted by Crippen LogP contribution is 2.43. The summed E-state index contributed by atoms with van der Waals surface area (Å²) in [5, 5.41) is 3.93. The average Bonchev–Trinajstić information content (AvgIpc) is 3.35. The zero-order valence-electron chi connectivity index (χ0n) is 14.3. The summed E-state index contributed by atoms with van der Waals surface area (Å²) < 4.78 is 6.05. The van der Waals surface area contributed by atoms with E-state index in [2.05, 4.69) is 31.0 Å². The standard InChI is InChI=1S/C18H34N2O/c1-4-18(5-2)13-19-17(3,15-9-10-15)14-20(18)12-16-8-6-7-11-21-16/h15-16,19H,4-14H2,1-3H3. The summed E-state index contributed by atoms with van der Waals surface area (Å²) in [5.41, 5.74) is 0.678. The average molecular weight is 294 g/mol. The normalized spacial score (nSPS) is 37.6. The fraction of sp³-hybridized carbons (Fsp3) is 1.00. The number of rotatable bonds is 5. The summed E-state index contributed by atoms with van der Waals surface area (Å²) in [6, 6.07) is 0. The third-order valence-corrected chi connectivity index (χ3v) is 6.50. The largest absolute Gasteiger partial charge is 0.377 e. The molecule has 122 valence electrons. The van der Waals surface area contributed by atoms with Gasteiger partial charge in [-0.15, -0.1) is 0 Å². The minimum atomic E-state index is 0.336. The molecule has 0 amide bonds. The van der Waals surface area contributed by atoms with Gasteiger partial charge in [0.2, 0.25) is 0 Å². The fourth-order valence-corrected chi connectivity index (χ4v) is 4.49. The van der Waals surface area contributed by atoms with E-state index in [1.807, 2.05) is 0 Å². The fourth-order valence-electron chi connectivity index (χ4n) is 4.49. The van der Waals surface area contributed by atoms with Crippen molar-refractivity contribution in [2.75, 3.05) is 26.2 Å². The molecule has 2 atom stereocenters. The second-order valence-corrected chi connectivity index (χ2v) is 7.85. The van der Waals surface area contributed by atoms with E-state index in [-0.39, 0.29) is 0 Å².